The number of urea groups is 1. The molecule has 1 fully saturated rings. The molecule has 0 aliphatic carbocycles. The van der Waals surface area contributed by atoms with Crippen LogP contribution in [0, 0.1) is 5.82 Å². The number of rotatable bonds is 5. The lowest BCUT2D eigenvalue weighted by atomic mass is 10.3. The number of alkyl halides is 3. The van der Waals surface area contributed by atoms with Crippen LogP contribution in [0.1, 0.15) is 0 Å². The van der Waals surface area contributed by atoms with Crippen LogP contribution in [0.4, 0.5) is 14.9 Å². The van der Waals surface area contributed by atoms with Crippen LogP contribution in [0.15, 0.2) is 29.3 Å². The number of benzene rings is 1. The Bertz CT molecular complexity index is 743. The Morgan fingerprint density at radius 1 is 1.19 bits per heavy atom. The Hall–Kier alpha value is -0.710. The average Bonchev–Trinajstić information content (AvgIpc) is 2.79. The molecule has 1 aromatic rings. The van der Waals surface area contributed by atoms with Crippen molar-refractivity contribution in [2.24, 2.45) is 4.99 Å². The highest BCUT2D eigenvalue weighted by molar-refractivity contribution is 8.11. The van der Waals surface area contributed by atoms with Gasteiger partial charge < -0.3 is 0 Å². The molecule has 0 saturated carbocycles. The highest BCUT2D eigenvalue weighted by Gasteiger charge is 2.45. The number of carbonyl (C=O) groups is 2. The summed E-state index contributed by atoms with van der Waals surface area (Å²) in [6, 6.07) is 4.79. The zero-order chi connectivity index (χ0) is 19.6. The summed E-state index contributed by atoms with van der Waals surface area (Å²) in [5, 5.41) is 0. The lowest BCUT2D eigenvalue weighted by Gasteiger charge is -2.29. The van der Waals surface area contributed by atoms with E-state index in [4.69, 9.17) is 34.8 Å². The molecule has 1 unspecified atom stereocenters. The molecule has 142 valence electrons. The molecule has 1 aliphatic rings. The lowest BCUT2D eigenvalue weighted by molar-refractivity contribution is -0.119. The third-order valence-corrected chi connectivity index (χ3v) is 5.98. The molecule has 12 heteroatoms. The molecule has 0 radical (unpaired) electrons. The van der Waals surface area contributed by atoms with Gasteiger partial charge in [-0.05, 0) is 24.6 Å². The van der Waals surface area contributed by atoms with Crippen LogP contribution in [0.2, 0.25) is 0 Å². The van der Waals surface area contributed by atoms with Gasteiger partial charge in [0.2, 0.25) is 9.63 Å². The fourth-order valence-electron chi connectivity index (χ4n) is 2.17. The van der Waals surface area contributed by atoms with Crippen molar-refractivity contribution in [3.63, 3.8) is 0 Å². The van der Waals surface area contributed by atoms with Gasteiger partial charge in [-0.2, -0.15) is 3.71 Å². The molecule has 1 aliphatic heterocycles. The SMILES string of the molecule is CSN(SC)C(N=C1C(=O)N(C)C(=O)N1c1ccccc1F)C(Cl)(Cl)Cl. The summed E-state index contributed by atoms with van der Waals surface area (Å²) in [5.41, 5.74) is -0.114. The molecule has 1 heterocycles. The standard InChI is InChI=1S/C14H14Cl3FN4O2S2/c1-20-11(23)10(19-12(14(15,16)17)22(25-2)26-3)21(13(20)24)9-7-5-4-6-8(9)18/h4-7,12H,1-3H3. The highest BCUT2D eigenvalue weighted by atomic mass is 35.6. The molecule has 6 nitrogen and oxygen atoms in total. The van der Waals surface area contributed by atoms with E-state index in [1.165, 1.54) is 55.2 Å². The monoisotopic (exact) mass is 458 g/mol. The first-order valence-corrected chi connectivity index (χ1v) is 10.5. The van der Waals surface area contributed by atoms with Crippen LogP contribution in [0.25, 0.3) is 0 Å². The van der Waals surface area contributed by atoms with E-state index in [0.29, 0.717) is 0 Å². The van der Waals surface area contributed by atoms with Crippen molar-refractivity contribution in [1.29, 1.82) is 0 Å². The predicted octanol–water partition coefficient (Wildman–Crippen LogP) is 4.18. The summed E-state index contributed by atoms with van der Waals surface area (Å²) >= 11 is 20.5. The van der Waals surface area contributed by atoms with E-state index in [2.05, 4.69) is 4.99 Å². The maximum atomic E-state index is 14.2. The largest absolute Gasteiger partial charge is 0.337 e. The minimum absolute atomic E-state index is 0.114. The second-order valence-electron chi connectivity index (χ2n) is 4.95. The second-order valence-corrected chi connectivity index (χ2v) is 9.07. The van der Waals surface area contributed by atoms with E-state index < -0.39 is 27.7 Å². The van der Waals surface area contributed by atoms with Crippen LogP contribution in [-0.4, -0.2) is 55.9 Å². The van der Waals surface area contributed by atoms with Gasteiger partial charge >= 0.3 is 6.03 Å². The van der Waals surface area contributed by atoms with Gasteiger partial charge in [0, 0.05) is 7.05 Å². The van der Waals surface area contributed by atoms with Gasteiger partial charge in [0.05, 0.1) is 5.69 Å². The number of hydrogen-bond donors (Lipinski definition) is 0. The summed E-state index contributed by atoms with van der Waals surface area (Å²) in [6.45, 7) is 0. The molecule has 1 atom stereocenters. The molecular formula is C14H14Cl3FN4O2S2. The fraction of sp³-hybridized carbons (Fsp3) is 0.357. The number of hydrogen-bond acceptors (Lipinski definition) is 6. The minimum atomic E-state index is -1.90. The van der Waals surface area contributed by atoms with Crippen LogP contribution < -0.4 is 4.90 Å². The van der Waals surface area contributed by atoms with Crippen LogP contribution in [0.5, 0.6) is 0 Å². The van der Waals surface area contributed by atoms with E-state index in [-0.39, 0.29) is 11.5 Å². The van der Waals surface area contributed by atoms with E-state index in [0.717, 1.165) is 9.80 Å². The average molecular weight is 460 g/mol. The topological polar surface area (TPSA) is 56.2 Å². The Labute approximate surface area is 173 Å². The maximum absolute atomic E-state index is 14.2. The van der Waals surface area contributed by atoms with Gasteiger partial charge in [0.15, 0.2) is 6.17 Å². The van der Waals surface area contributed by atoms with Gasteiger partial charge in [-0.25, -0.2) is 19.1 Å². The number of imide groups is 1. The second kappa shape index (κ2) is 8.53. The Balaban J connectivity index is 2.61. The first-order valence-electron chi connectivity index (χ1n) is 7.02. The van der Waals surface area contributed by atoms with Gasteiger partial charge in [-0.3, -0.25) is 9.69 Å². The molecule has 2 rings (SSSR count). The maximum Gasteiger partial charge on any atom is 0.337 e. The Morgan fingerprint density at radius 2 is 1.77 bits per heavy atom. The number of carbonyl (C=O) groups excluding carboxylic acids is 2. The number of nitrogens with zero attached hydrogens (tertiary/aromatic N) is 4. The molecule has 3 amide bonds. The van der Waals surface area contributed by atoms with E-state index in [1.807, 2.05) is 0 Å². The zero-order valence-corrected chi connectivity index (χ0v) is 17.7. The zero-order valence-electron chi connectivity index (χ0n) is 13.8. The summed E-state index contributed by atoms with van der Waals surface area (Å²) in [4.78, 5) is 30.9. The van der Waals surface area contributed by atoms with Crippen LogP contribution in [0.3, 0.4) is 0 Å². The van der Waals surface area contributed by atoms with Crippen molar-refractivity contribution in [3.8, 4) is 0 Å². The molecule has 26 heavy (non-hydrogen) atoms. The van der Waals surface area contributed by atoms with Gasteiger partial charge in [-0.15, -0.1) is 0 Å². The Morgan fingerprint density at radius 3 is 2.27 bits per heavy atom. The first kappa shape index (κ1) is 21.6. The Kier molecular flexibility index (Phi) is 7.09. The quantitative estimate of drug-likeness (QED) is 0.376. The number of anilines is 1. The van der Waals surface area contributed by atoms with E-state index >= 15 is 0 Å². The predicted molar refractivity (Wildman–Crippen MR) is 107 cm³/mol. The fourth-order valence-corrected chi connectivity index (χ4v) is 4.36. The number of halogens is 4. The number of likely N-dealkylation sites (N-methyl/N-ethyl adjacent to an activating group) is 1. The molecule has 0 spiro atoms. The normalized spacial score (nSPS) is 18.4. The van der Waals surface area contributed by atoms with Crippen molar-refractivity contribution < 1.29 is 14.0 Å². The van der Waals surface area contributed by atoms with Crippen molar-refractivity contribution in [2.45, 2.75) is 9.96 Å². The number of amidine groups is 1. The summed E-state index contributed by atoms with van der Waals surface area (Å²) < 4.78 is 13.9. The number of amides is 3. The van der Waals surface area contributed by atoms with Crippen molar-refractivity contribution in [1.82, 2.24) is 8.61 Å². The summed E-state index contributed by atoms with van der Waals surface area (Å²) in [6.07, 6.45) is 2.37. The van der Waals surface area contributed by atoms with Crippen molar-refractivity contribution in [2.75, 3.05) is 24.5 Å². The molecular weight excluding hydrogens is 446 g/mol. The smallest absolute Gasteiger partial charge is 0.265 e. The molecule has 1 aromatic carbocycles. The van der Waals surface area contributed by atoms with E-state index in [9.17, 15) is 14.0 Å². The lowest BCUT2D eigenvalue weighted by Crippen LogP contribution is -2.39. The third kappa shape index (κ3) is 4.23. The molecule has 0 N–H and O–H groups in total. The van der Waals surface area contributed by atoms with Gasteiger partial charge in [0.25, 0.3) is 5.91 Å². The van der Waals surface area contributed by atoms with Gasteiger partial charge in [0.1, 0.15) is 5.82 Å². The van der Waals surface area contributed by atoms with Crippen LogP contribution in [-0.2, 0) is 4.79 Å². The number of aliphatic imine (C=N–C) groups is 1. The summed E-state index contributed by atoms with van der Waals surface area (Å²) in [7, 11) is 1.27. The highest BCUT2D eigenvalue weighted by Crippen LogP contribution is 2.40. The minimum Gasteiger partial charge on any atom is -0.265 e. The third-order valence-electron chi connectivity index (χ3n) is 3.38. The van der Waals surface area contributed by atoms with E-state index in [1.54, 1.807) is 16.2 Å². The van der Waals surface area contributed by atoms with Crippen LogP contribution >= 0.6 is 58.7 Å². The van der Waals surface area contributed by atoms with Crippen molar-refractivity contribution >= 4 is 82.2 Å². The van der Waals surface area contributed by atoms with Gasteiger partial charge in [-0.1, -0.05) is 70.8 Å². The molecule has 0 aromatic heterocycles. The number of para-hydroxylation sites is 1. The molecule has 0 bridgehead atoms. The summed E-state index contributed by atoms with van der Waals surface area (Å²) in [5.74, 6) is -1.74. The molecule has 1 saturated heterocycles. The van der Waals surface area contributed by atoms with Crippen molar-refractivity contribution in [3.05, 3.63) is 30.1 Å². The first-order chi connectivity index (χ1) is 12.1.